The van der Waals surface area contributed by atoms with Crippen LogP contribution in [-0.2, 0) is 21.2 Å². The summed E-state index contributed by atoms with van der Waals surface area (Å²) in [6.07, 6.45) is 1.69. The summed E-state index contributed by atoms with van der Waals surface area (Å²) in [7, 11) is -3.65. The molecule has 3 rings (SSSR count). The van der Waals surface area contributed by atoms with Crippen LogP contribution in [0.15, 0.2) is 78.9 Å². The van der Waals surface area contributed by atoms with Gasteiger partial charge in [0.25, 0.3) is 0 Å². The van der Waals surface area contributed by atoms with Crippen LogP contribution in [0.5, 0.6) is 11.5 Å². The normalized spacial score (nSPS) is 11.0. The van der Waals surface area contributed by atoms with E-state index in [-0.39, 0.29) is 12.5 Å². The summed E-state index contributed by atoms with van der Waals surface area (Å²) in [4.78, 5) is 12.4. The molecule has 0 aliphatic carbocycles. The minimum absolute atomic E-state index is 0.307. The zero-order valence-corrected chi connectivity index (χ0v) is 18.6. The first-order valence-electron chi connectivity index (χ1n) is 9.63. The lowest BCUT2D eigenvalue weighted by atomic mass is 10.1. The largest absolute Gasteiger partial charge is 0.457 e. The molecule has 0 radical (unpaired) electrons. The number of halogens is 1. The molecule has 0 unspecified atom stereocenters. The van der Waals surface area contributed by atoms with Crippen LogP contribution >= 0.6 is 11.6 Å². The number of benzene rings is 3. The van der Waals surface area contributed by atoms with Crippen molar-refractivity contribution in [1.82, 2.24) is 5.32 Å². The van der Waals surface area contributed by atoms with Gasteiger partial charge >= 0.3 is 0 Å². The molecule has 1 amide bonds. The molecule has 0 heterocycles. The van der Waals surface area contributed by atoms with Gasteiger partial charge in [0, 0.05) is 11.6 Å². The molecule has 1 N–H and O–H groups in total. The number of carbonyl (C=O) groups excluding carboxylic acids is 1. The molecule has 6 nitrogen and oxygen atoms in total. The van der Waals surface area contributed by atoms with Gasteiger partial charge in [-0.05, 0) is 60.5 Å². The highest BCUT2D eigenvalue weighted by Crippen LogP contribution is 2.25. The van der Waals surface area contributed by atoms with Crippen LogP contribution in [0.25, 0.3) is 0 Å². The van der Waals surface area contributed by atoms with E-state index in [0.717, 1.165) is 16.1 Å². The summed E-state index contributed by atoms with van der Waals surface area (Å²) >= 11 is 5.86. The van der Waals surface area contributed by atoms with Gasteiger partial charge < -0.3 is 10.1 Å². The van der Waals surface area contributed by atoms with Crippen LogP contribution in [0.3, 0.4) is 0 Å². The van der Waals surface area contributed by atoms with Crippen molar-refractivity contribution in [2.24, 2.45) is 0 Å². The molecule has 0 aliphatic rings. The molecular formula is C23H23ClN2O4S. The number of anilines is 1. The number of sulfonamides is 1. The van der Waals surface area contributed by atoms with Gasteiger partial charge in [-0.3, -0.25) is 9.10 Å². The quantitative estimate of drug-likeness (QED) is 0.520. The highest BCUT2D eigenvalue weighted by Gasteiger charge is 2.20. The van der Waals surface area contributed by atoms with E-state index in [1.165, 1.54) is 0 Å². The molecule has 0 saturated carbocycles. The van der Waals surface area contributed by atoms with Gasteiger partial charge in [0.1, 0.15) is 18.0 Å². The van der Waals surface area contributed by atoms with E-state index in [9.17, 15) is 13.2 Å². The molecule has 0 bridgehead atoms. The topological polar surface area (TPSA) is 75.7 Å². The van der Waals surface area contributed by atoms with Crippen molar-refractivity contribution >= 4 is 33.2 Å². The van der Waals surface area contributed by atoms with Crippen LogP contribution in [0.4, 0.5) is 5.69 Å². The number of para-hydroxylation sites is 1. The Morgan fingerprint density at radius 1 is 0.935 bits per heavy atom. The van der Waals surface area contributed by atoms with Gasteiger partial charge in [-0.1, -0.05) is 41.9 Å². The van der Waals surface area contributed by atoms with E-state index in [2.05, 4.69) is 5.32 Å². The van der Waals surface area contributed by atoms with Crippen molar-refractivity contribution < 1.29 is 17.9 Å². The monoisotopic (exact) mass is 458 g/mol. The highest BCUT2D eigenvalue weighted by atomic mass is 35.5. The Balaban J connectivity index is 1.60. The third-order valence-electron chi connectivity index (χ3n) is 4.44. The van der Waals surface area contributed by atoms with Crippen LogP contribution in [0, 0.1) is 0 Å². The standard InChI is InChI=1S/C23H23ClN2O4S/c1-31(28,29)26(17-23(27)25-16-15-18-7-9-19(24)10-8-18)20-11-13-22(14-12-20)30-21-5-3-2-4-6-21/h2-14H,15-17H2,1H3,(H,25,27). The molecule has 0 fully saturated rings. The number of ether oxygens (including phenoxy) is 1. The summed E-state index contributed by atoms with van der Waals surface area (Å²) in [6, 6.07) is 23.2. The number of nitrogens with zero attached hydrogens (tertiary/aromatic N) is 1. The molecule has 8 heteroatoms. The summed E-state index contributed by atoms with van der Waals surface area (Å²) in [5.74, 6) is 0.857. The zero-order valence-electron chi connectivity index (χ0n) is 17.0. The van der Waals surface area contributed by atoms with E-state index in [1.54, 1.807) is 36.4 Å². The lowest BCUT2D eigenvalue weighted by molar-refractivity contribution is -0.119. The van der Waals surface area contributed by atoms with Crippen molar-refractivity contribution in [3.8, 4) is 11.5 Å². The zero-order chi connectivity index (χ0) is 22.3. The number of carbonyl (C=O) groups is 1. The maximum absolute atomic E-state index is 12.4. The number of rotatable bonds is 9. The summed E-state index contributed by atoms with van der Waals surface area (Å²) in [6.45, 7) is 0.0836. The Morgan fingerprint density at radius 2 is 1.55 bits per heavy atom. The van der Waals surface area contributed by atoms with Gasteiger partial charge in [-0.25, -0.2) is 8.42 Å². The molecule has 162 valence electrons. The molecule has 0 aliphatic heterocycles. The molecule has 0 saturated heterocycles. The van der Waals surface area contributed by atoms with Gasteiger partial charge in [0.15, 0.2) is 0 Å². The number of hydrogen-bond donors (Lipinski definition) is 1. The molecular weight excluding hydrogens is 436 g/mol. The maximum atomic E-state index is 12.4. The fourth-order valence-corrected chi connectivity index (χ4v) is 3.87. The number of nitrogens with one attached hydrogen (secondary N) is 1. The first-order chi connectivity index (χ1) is 14.8. The van der Waals surface area contributed by atoms with Crippen molar-refractivity contribution in [2.45, 2.75) is 6.42 Å². The Hall–Kier alpha value is -3.03. The fourth-order valence-electron chi connectivity index (χ4n) is 2.89. The van der Waals surface area contributed by atoms with Crippen molar-refractivity contribution in [2.75, 3.05) is 23.7 Å². The molecule has 31 heavy (non-hydrogen) atoms. The minimum Gasteiger partial charge on any atom is -0.457 e. The van der Waals surface area contributed by atoms with E-state index in [4.69, 9.17) is 16.3 Å². The fraction of sp³-hybridized carbons (Fsp3) is 0.174. The van der Waals surface area contributed by atoms with Crippen LogP contribution in [0.1, 0.15) is 5.56 Å². The van der Waals surface area contributed by atoms with Crippen LogP contribution < -0.4 is 14.4 Å². The number of hydrogen-bond acceptors (Lipinski definition) is 4. The lowest BCUT2D eigenvalue weighted by Crippen LogP contribution is -2.40. The Kier molecular flexibility index (Phi) is 7.55. The summed E-state index contributed by atoms with van der Waals surface area (Å²) in [5, 5.41) is 3.41. The highest BCUT2D eigenvalue weighted by molar-refractivity contribution is 7.92. The minimum atomic E-state index is -3.65. The van der Waals surface area contributed by atoms with Crippen molar-refractivity contribution in [3.05, 3.63) is 89.4 Å². The Morgan fingerprint density at radius 3 is 2.16 bits per heavy atom. The molecule has 0 atom stereocenters. The first-order valence-corrected chi connectivity index (χ1v) is 11.9. The molecule has 0 aromatic heterocycles. The second-order valence-corrected chi connectivity index (χ2v) is 9.25. The Bertz CT molecular complexity index is 1100. The summed E-state index contributed by atoms with van der Waals surface area (Å²) in [5.41, 5.74) is 1.41. The van der Waals surface area contributed by atoms with Gasteiger partial charge in [0.05, 0.1) is 11.9 Å². The van der Waals surface area contributed by atoms with Crippen LogP contribution in [0.2, 0.25) is 5.02 Å². The van der Waals surface area contributed by atoms with Crippen LogP contribution in [-0.4, -0.2) is 33.7 Å². The molecule has 0 spiro atoms. The predicted octanol–water partition coefficient (Wildman–Crippen LogP) is 4.26. The summed E-state index contributed by atoms with van der Waals surface area (Å²) < 4.78 is 31.3. The maximum Gasteiger partial charge on any atom is 0.240 e. The third-order valence-corrected chi connectivity index (χ3v) is 5.83. The van der Waals surface area contributed by atoms with Gasteiger partial charge in [-0.15, -0.1) is 0 Å². The van der Waals surface area contributed by atoms with E-state index >= 15 is 0 Å². The predicted molar refractivity (Wildman–Crippen MR) is 123 cm³/mol. The average molecular weight is 459 g/mol. The second-order valence-electron chi connectivity index (χ2n) is 6.91. The third kappa shape index (κ3) is 7.01. The SMILES string of the molecule is CS(=O)(=O)N(CC(=O)NCCc1ccc(Cl)cc1)c1ccc(Oc2ccccc2)cc1. The Labute approximate surface area is 187 Å². The van der Waals surface area contributed by atoms with Crippen molar-refractivity contribution in [3.63, 3.8) is 0 Å². The van der Waals surface area contributed by atoms with Gasteiger partial charge in [-0.2, -0.15) is 0 Å². The van der Waals surface area contributed by atoms with Gasteiger partial charge in [0.2, 0.25) is 15.9 Å². The average Bonchev–Trinajstić information content (AvgIpc) is 2.74. The lowest BCUT2D eigenvalue weighted by Gasteiger charge is -2.22. The molecule has 3 aromatic rings. The number of amides is 1. The molecule has 3 aromatic carbocycles. The smallest absolute Gasteiger partial charge is 0.240 e. The van der Waals surface area contributed by atoms with Crippen molar-refractivity contribution in [1.29, 1.82) is 0 Å². The first kappa shape index (κ1) is 22.7. The van der Waals surface area contributed by atoms with E-state index in [1.807, 2.05) is 42.5 Å². The van der Waals surface area contributed by atoms with E-state index in [0.29, 0.717) is 35.2 Å². The van der Waals surface area contributed by atoms with E-state index < -0.39 is 10.0 Å². The second kappa shape index (κ2) is 10.3.